The molecule has 0 radical (unpaired) electrons. The van der Waals surface area contributed by atoms with E-state index in [1.54, 1.807) is 6.26 Å². The lowest BCUT2D eigenvalue weighted by Gasteiger charge is -2.34. The van der Waals surface area contributed by atoms with Crippen molar-refractivity contribution in [1.29, 1.82) is 0 Å². The van der Waals surface area contributed by atoms with Gasteiger partial charge < -0.3 is 4.42 Å². The summed E-state index contributed by atoms with van der Waals surface area (Å²) in [5.41, 5.74) is 12.6. The van der Waals surface area contributed by atoms with Gasteiger partial charge in [0.15, 0.2) is 0 Å². The van der Waals surface area contributed by atoms with Crippen molar-refractivity contribution in [3.05, 3.63) is 168 Å². The molecular weight excluding hydrogens is 512 g/mol. The molecule has 0 atom stereocenters. The number of nitrogens with zero attached hydrogens (tertiary/aromatic N) is 2. The molecular formula is C39H30N2O. The molecule has 0 spiro atoms. The minimum Gasteiger partial charge on any atom is -0.432 e. The third-order valence-corrected chi connectivity index (χ3v) is 8.84. The maximum atomic E-state index is 5.82. The topological polar surface area (TPSA) is 30.4 Å². The zero-order valence-corrected chi connectivity index (χ0v) is 23.7. The van der Waals surface area contributed by atoms with Crippen molar-refractivity contribution < 1.29 is 4.42 Å². The molecule has 0 unspecified atom stereocenters. The number of oxazole rings is 1. The van der Waals surface area contributed by atoms with Crippen LogP contribution in [0.1, 0.15) is 47.6 Å². The van der Waals surface area contributed by atoms with Crippen LogP contribution in [0.15, 0.2) is 144 Å². The summed E-state index contributed by atoms with van der Waals surface area (Å²) in [6, 6.07) is 46.4. The molecule has 0 aliphatic heterocycles. The normalized spacial score (nSPS) is 13.4. The highest BCUT2D eigenvalue weighted by molar-refractivity contribution is 5.90. The van der Waals surface area contributed by atoms with E-state index in [-0.39, 0.29) is 0 Å². The Morgan fingerprint density at radius 3 is 1.95 bits per heavy atom. The highest BCUT2D eigenvalue weighted by Crippen LogP contribution is 2.56. The van der Waals surface area contributed by atoms with E-state index < -0.39 is 5.41 Å². The zero-order chi connectivity index (χ0) is 28.3. The maximum absolute atomic E-state index is 5.82. The first kappa shape index (κ1) is 24.6. The van der Waals surface area contributed by atoms with Gasteiger partial charge in [-0.3, -0.25) is 4.40 Å². The smallest absolute Gasteiger partial charge is 0.306 e. The fourth-order valence-corrected chi connectivity index (χ4v) is 6.88. The van der Waals surface area contributed by atoms with Crippen LogP contribution in [-0.4, -0.2) is 9.38 Å². The number of hydrogen-bond donors (Lipinski definition) is 0. The Balaban J connectivity index is 1.41. The summed E-state index contributed by atoms with van der Waals surface area (Å²) >= 11 is 0. The number of rotatable bonds is 5. The van der Waals surface area contributed by atoms with Crippen LogP contribution in [-0.2, 0) is 5.41 Å². The van der Waals surface area contributed by atoms with Crippen molar-refractivity contribution in [3.63, 3.8) is 0 Å². The van der Waals surface area contributed by atoms with E-state index in [1.165, 1.54) is 38.9 Å². The summed E-state index contributed by atoms with van der Waals surface area (Å²) in [7, 11) is 0. The van der Waals surface area contributed by atoms with Crippen LogP contribution in [0.2, 0.25) is 0 Å². The Morgan fingerprint density at radius 1 is 0.643 bits per heavy atom. The Hall–Kier alpha value is -5.15. The first-order chi connectivity index (χ1) is 20.7. The summed E-state index contributed by atoms with van der Waals surface area (Å²) < 4.78 is 7.88. The minimum absolute atomic E-state index is 0.456. The monoisotopic (exact) mass is 542 g/mol. The average molecular weight is 543 g/mol. The van der Waals surface area contributed by atoms with Crippen molar-refractivity contribution in [3.8, 4) is 33.6 Å². The van der Waals surface area contributed by atoms with Crippen molar-refractivity contribution in [2.24, 2.45) is 0 Å². The van der Waals surface area contributed by atoms with Crippen molar-refractivity contribution >= 4 is 5.84 Å². The molecule has 0 fully saturated rings. The van der Waals surface area contributed by atoms with E-state index >= 15 is 0 Å². The predicted octanol–water partition coefficient (Wildman–Crippen LogP) is 9.75. The van der Waals surface area contributed by atoms with Gasteiger partial charge in [0, 0.05) is 17.3 Å². The molecule has 1 aliphatic carbocycles. The summed E-state index contributed by atoms with van der Waals surface area (Å²) in [5.74, 6) is 1.06. The van der Waals surface area contributed by atoms with Gasteiger partial charge in [-0.1, -0.05) is 135 Å². The fourth-order valence-electron chi connectivity index (χ4n) is 6.88. The van der Waals surface area contributed by atoms with E-state index in [0.717, 1.165) is 22.5 Å². The molecule has 3 nitrogen and oxygen atoms in total. The first-order valence-corrected chi connectivity index (χ1v) is 14.6. The Kier molecular flexibility index (Phi) is 5.55. The third kappa shape index (κ3) is 3.50. The molecule has 7 aromatic rings. The van der Waals surface area contributed by atoms with Crippen LogP contribution in [0.4, 0.5) is 0 Å². The van der Waals surface area contributed by atoms with Crippen LogP contribution < -0.4 is 0 Å². The number of fused-ring (bicyclic) bond motifs is 4. The van der Waals surface area contributed by atoms with Crippen molar-refractivity contribution in [2.45, 2.75) is 25.2 Å². The molecule has 0 saturated carbocycles. The zero-order valence-electron chi connectivity index (χ0n) is 23.7. The third-order valence-electron chi connectivity index (χ3n) is 8.84. The molecule has 8 rings (SSSR count). The Morgan fingerprint density at radius 2 is 1.26 bits per heavy atom. The van der Waals surface area contributed by atoms with E-state index in [9.17, 15) is 0 Å². The fraction of sp³-hybridized carbons (Fsp3) is 0.103. The number of benzene rings is 5. The molecule has 2 heterocycles. The lowest BCUT2D eigenvalue weighted by atomic mass is 9.67. The second-order valence-electron chi connectivity index (χ2n) is 11.4. The molecule has 0 amide bonds. The van der Waals surface area contributed by atoms with Gasteiger partial charge in [-0.2, -0.15) is 4.98 Å². The highest BCUT2D eigenvalue weighted by atomic mass is 16.3. The Labute approximate surface area is 245 Å². The van der Waals surface area contributed by atoms with E-state index in [0.29, 0.717) is 11.8 Å². The van der Waals surface area contributed by atoms with Crippen LogP contribution in [0.25, 0.3) is 39.5 Å². The molecule has 0 saturated heterocycles. The highest BCUT2D eigenvalue weighted by Gasteiger charge is 2.46. The van der Waals surface area contributed by atoms with Crippen LogP contribution >= 0.6 is 0 Å². The Bertz CT molecular complexity index is 2010. The number of imidazole rings is 1. The second-order valence-corrected chi connectivity index (χ2v) is 11.4. The van der Waals surface area contributed by atoms with Gasteiger partial charge in [0.2, 0.25) is 0 Å². The number of aromatic nitrogens is 2. The van der Waals surface area contributed by atoms with Gasteiger partial charge in [0.1, 0.15) is 12.0 Å². The van der Waals surface area contributed by atoms with Gasteiger partial charge in [-0.05, 0) is 50.9 Å². The van der Waals surface area contributed by atoms with Gasteiger partial charge in [-0.25, -0.2) is 0 Å². The summed E-state index contributed by atoms with van der Waals surface area (Å²) in [5, 5.41) is 0. The lowest BCUT2D eigenvalue weighted by molar-refractivity contribution is 0.596. The molecule has 3 heteroatoms. The van der Waals surface area contributed by atoms with Crippen molar-refractivity contribution in [2.75, 3.05) is 0 Å². The van der Waals surface area contributed by atoms with E-state index in [1.807, 2.05) is 6.20 Å². The summed E-state index contributed by atoms with van der Waals surface area (Å²) in [6.45, 7) is 4.45. The first-order valence-electron chi connectivity index (χ1n) is 14.6. The van der Waals surface area contributed by atoms with Crippen LogP contribution in [0.3, 0.4) is 0 Å². The van der Waals surface area contributed by atoms with Gasteiger partial charge in [0.25, 0.3) is 0 Å². The average Bonchev–Trinajstić information content (AvgIpc) is 3.72. The lowest BCUT2D eigenvalue weighted by Crippen LogP contribution is -2.28. The van der Waals surface area contributed by atoms with Crippen LogP contribution in [0, 0.1) is 0 Å². The largest absolute Gasteiger partial charge is 0.432 e. The SMILES string of the molecule is CC(C)c1ccc(-c2c(-c3ccc4c(c3)C(c3ccccc3)(c3ccccc3)c3ccccc3-4)nc3occn23)cc1. The van der Waals surface area contributed by atoms with E-state index in [2.05, 4.69) is 146 Å². The van der Waals surface area contributed by atoms with E-state index in [4.69, 9.17) is 9.40 Å². The minimum atomic E-state index is -0.456. The molecule has 42 heavy (non-hydrogen) atoms. The summed E-state index contributed by atoms with van der Waals surface area (Å²) in [6.07, 6.45) is 3.66. The quantitative estimate of drug-likeness (QED) is 0.217. The van der Waals surface area contributed by atoms with Gasteiger partial charge in [-0.15, -0.1) is 0 Å². The van der Waals surface area contributed by atoms with Gasteiger partial charge in [0.05, 0.1) is 11.1 Å². The molecule has 0 bridgehead atoms. The summed E-state index contributed by atoms with van der Waals surface area (Å²) in [4.78, 5) is 5.04. The molecule has 2 aromatic heterocycles. The van der Waals surface area contributed by atoms with Crippen LogP contribution in [0.5, 0.6) is 0 Å². The van der Waals surface area contributed by atoms with Crippen molar-refractivity contribution in [1.82, 2.24) is 9.38 Å². The number of hydrogen-bond acceptors (Lipinski definition) is 2. The predicted molar refractivity (Wildman–Crippen MR) is 170 cm³/mol. The molecule has 202 valence electrons. The molecule has 1 aliphatic rings. The second kappa shape index (κ2) is 9.46. The molecule has 0 N–H and O–H groups in total. The molecule has 5 aromatic carbocycles. The van der Waals surface area contributed by atoms with Gasteiger partial charge >= 0.3 is 5.84 Å². The maximum Gasteiger partial charge on any atom is 0.306 e. The standard InChI is InChI=1S/C39H30N2O/c1-26(2)27-17-19-28(20-18-27)37-36(40-38-41(37)23-24-42-38)29-21-22-33-32-15-9-10-16-34(32)39(35(33)25-29,30-11-5-3-6-12-30)31-13-7-4-8-14-31/h3-26H,1-2H3.